The van der Waals surface area contributed by atoms with E-state index >= 15 is 0 Å². The van der Waals surface area contributed by atoms with Gasteiger partial charge in [0.05, 0.1) is 30.1 Å². The van der Waals surface area contributed by atoms with Crippen LogP contribution in [0.2, 0.25) is 0 Å². The maximum Gasteiger partial charge on any atom is 0.416 e. The minimum atomic E-state index is -4.51. The molecule has 0 saturated carbocycles. The molecule has 0 fully saturated rings. The molecule has 0 atom stereocenters. The first-order chi connectivity index (χ1) is 14.7. The Balaban J connectivity index is 1.97. The molecule has 31 heavy (non-hydrogen) atoms. The highest BCUT2D eigenvalue weighted by atomic mass is 19.4. The van der Waals surface area contributed by atoms with Gasteiger partial charge in [0.15, 0.2) is 5.82 Å². The normalized spacial score (nSPS) is 11.1. The van der Waals surface area contributed by atoms with E-state index < -0.39 is 17.3 Å². The fourth-order valence-corrected chi connectivity index (χ4v) is 3.01. The van der Waals surface area contributed by atoms with E-state index in [2.05, 4.69) is 16.4 Å². The summed E-state index contributed by atoms with van der Waals surface area (Å²) in [6, 6.07) is 12.2. The largest absolute Gasteiger partial charge is 0.495 e. The molecule has 0 amide bonds. The molecule has 9 heteroatoms. The van der Waals surface area contributed by atoms with Crippen LogP contribution in [0.3, 0.4) is 0 Å². The Bertz CT molecular complexity index is 1180. The smallest absolute Gasteiger partial charge is 0.416 e. The number of ether oxygens (including phenoxy) is 1. The van der Waals surface area contributed by atoms with Crippen LogP contribution in [0.4, 0.5) is 24.7 Å². The summed E-state index contributed by atoms with van der Waals surface area (Å²) < 4.78 is 45.3. The number of rotatable bonds is 6. The third kappa shape index (κ3) is 5.04. The van der Waals surface area contributed by atoms with E-state index in [4.69, 9.17) is 10.00 Å². The van der Waals surface area contributed by atoms with Crippen molar-refractivity contribution >= 4 is 11.5 Å². The zero-order valence-electron chi connectivity index (χ0n) is 16.8. The Kier molecular flexibility index (Phi) is 6.30. The van der Waals surface area contributed by atoms with E-state index in [0.29, 0.717) is 24.2 Å². The SMILES string of the molecule is COc1cc(C(F)(F)F)ccc1Nc1nc(C)cn(-c2ccc(CCC#N)cc2)c1=O. The molecule has 160 valence electrons. The van der Waals surface area contributed by atoms with E-state index in [0.717, 1.165) is 17.7 Å². The van der Waals surface area contributed by atoms with E-state index in [1.807, 2.05) is 12.1 Å². The van der Waals surface area contributed by atoms with Crippen LogP contribution in [-0.2, 0) is 12.6 Å². The number of methoxy groups -OCH3 is 1. The lowest BCUT2D eigenvalue weighted by Crippen LogP contribution is -2.23. The van der Waals surface area contributed by atoms with Crippen LogP contribution >= 0.6 is 0 Å². The van der Waals surface area contributed by atoms with Crippen molar-refractivity contribution < 1.29 is 17.9 Å². The Morgan fingerprint density at radius 3 is 2.52 bits per heavy atom. The van der Waals surface area contributed by atoms with Crippen molar-refractivity contribution in [3.05, 3.63) is 75.8 Å². The molecule has 0 radical (unpaired) electrons. The predicted molar refractivity (Wildman–Crippen MR) is 110 cm³/mol. The summed E-state index contributed by atoms with van der Waals surface area (Å²) in [7, 11) is 1.25. The monoisotopic (exact) mass is 428 g/mol. The van der Waals surface area contributed by atoms with E-state index in [9.17, 15) is 18.0 Å². The average molecular weight is 428 g/mol. The quantitative estimate of drug-likeness (QED) is 0.612. The minimum Gasteiger partial charge on any atom is -0.495 e. The summed E-state index contributed by atoms with van der Waals surface area (Å²) in [5.74, 6) is -0.113. The van der Waals surface area contributed by atoms with Gasteiger partial charge in [-0.05, 0) is 49.2 Å². The fraction of sp³-hybridized carbons (Fsp3) is 0.227. The van der Waals surface area contributed by atoms with E-state index in [1.165, 1.54) is 17.7 Å². The van der Waals surface area contributed by atoms with Gasteiger partial charge in [-0.2, -0.15) is 18.4 Å². The lowest BCUT2D eigenvalue weighted by atomic mass is 10.1. The molecule has 0 unspecified atom stereocenters. The zero-order chi connectivity index (χ0) is 22.6. The number of anilines is 2. The lowest BCUT2D eigenvalue weighted by Gasteiger charge is -2.15. The second-order valence-electron chi connectivity index (χ2n) is 6.77. The second kappa shape index (κ2) is 8.92. The first-order valence-electron chi connectivity index (χ1n) is 9.31. The van der Waals surface area contributed by atoms with Crippen LogP contribution < -0.4 is 15.6 Å². The van der Waals surface area contributed by atoms with Gasteiger partial charge >= 0.3 is 6.18 Å². The summed E-state index contributed by atoms with van der Waals surface area (Å²) in [5, 5.41) is 11.5. The van der Waals surface area contributed by atoms with Gasteiger partial charge < -0.3 is 10.1 Å². The number of hydrogen-bond acceptors (Lipinski definition) is 5. The summed E-state index contributed by atoms with van der Waals surface area (Å²) in [5.41, 5.74) is 0.944. The Hall–Kier alpha value is -3.80. The molecule has 3 rings (SSSR count). The van der Waals surface area contributed by atoms with Crippen molar-refractivity contribution in [1.82, 2.24) is 9.55 Å². The number of nitrogens with zero attached hydrogens (tertiary/aromatic N) is 3. The van der Waals surface area contributed by atoms with Crippen molar-refractivity contribution in [1.29, 1.82) is 5.26 Å². The Morgan fingerprint density at radius 1 is 1.19 bits per heavy atom. The van der Waals surface area contributed by atoms with Crippen LogP contribution in [0.1, 0.15) is 23.2 Å². The number of nitrogens with one attached hydrogen (secondary N) is 1. The summed E-state index contributed by atoms with van der Waals surface area (Å²) in [6.07, 6.45) is -1.93. The molecule has 0 bridgehead atoms. The molecule has 1 heterocycles. The summed E-state index contributed by atoms with van der Waals surface area (Å²) >= 11 is 0. The maximum absolute atomic E-state index is 13.0. The molecule has 0 spiro atoms. The highest BCUT2D eigenvalue weighted by Gasteiger charge is 2.31. The van der Waals surface area contributed by atoms with E-state index in [-0.39, 0.29) is 17.3 Å². The Labute approximate surface area is 176 Å². The average Bonchev–Trinajstić information content (AvgIpc) is 2.74. The predicted octanol–water partition coefficient (Wildman–Crippen LogP) is 4.77. The van der Waals surface area contributed by atoms with Gasteiger partial charge in [-0.15, -0.1) is 0 Å². The number of aryl methyl sites for hydroxylation is 2. The van der Waals surface area contributed by atoms with Crippen molar-refractivity contribution in [2.75, 3.05) is 12.4 Å². The van der Waals surface area contributed by atoms with Gasteiger partial charge in [-0.3, -0.25) is 9.36 Å². The topological polar surface area (TPSA) is 79.9 Å². The standard InChI is InChI=1S/C22H19F3N4O2/c1-14-13-29(17-8-5-15(6-9-17)4-3-11-26)21(30)20(27-14)28-18-10-7-16(22(23,24)25)12-19(18)31-2/h5-10,12-13H,3-4H2,1-2H3,(H,27,28). The van der Waals surface area contributed by atoms with Gasteiger partial charge in [-0.1, -0.05) is 12.1 Å². The summed E-state index contributed by atoms with van der Waals surface area (Å²) in [6.45, 7) is 1.70. The minimum absolute atomic E-state index is 0.0494. The molecule has 1 N–H and O–H groups in total. The third-order valence-corrected chi connectivity index (χ3v) is 4.55. The van der Waals surface area contributed by atoms with Crippen molar-refractivity contribution in [2.45, 2.75) is 25.9 Å². The van der Waals surface area contributed by atoms with Gasteiger partial charge in [0.1, 0.15) is 5.75 Å². The van der Waals surface area contributed by atoms with Crippen LogP contribution in [0.25, 0.3) is 5.69 Å². The lowest BCUT2D eigenvalue weighted by molar-refractivity contribution is -0.137. The first-order valence-corrected chi connectivity index (χ1v) is 9.31. The molecule has 0 aliphatic heterocycles. The number of aromatic nitrogens is 2. The number of hydrogen-bond donors (Lipinski definition) is 1. The number of halogens is 3. The van der Waals surface area contributed by atoms with Crippen molar-refractivity contribution in [2.24, 2.45) is 0 Å². The van der Waals surface area contributed by atoms with Crippen LogP contribution in [0, 0.1) is 18.3 Å². The fourth-order valence-electron chi connectivity index (χ4n) is 3.01. The van der Waals surface area contributed by atoms with Gasteiger partial charge in [0, 0.05) is 18.3 Å². The zero-order valence-corrected chi connectivity index (χ0v) is 16.8. The number of nitriles is 1. The highest BCUT2D eigenvalue weighted by molar-refractivity contribution is 5.65. The van der Waals surface area contributed by atoms with E-state index in [1.54, 1.807) is 25.3 Å². The van der Waals surface area contributed by atoms with Crippen LogP contribution in [0.5, 0.6) is 5.75 Å². The van der Waals surface area contributed by atoms with Gasteiger partial charge in [0.25, 0.3) is 5.56 Å². The molecule has 0 aliphatic carbocycles. The maximum atomic E-state index is 13.0. The molecule has 6 nitrogen and oxygen atoms in total. The molecule has 0 saturated heterocycles. The molecule has 2 aromatic carbocycles. The number of alkyl halides is 3. The van der Waals surface area contributed by atoms with Gasteiger partial charge in [0.2, 0.25) is 0 Å². The molecular formula is C22H19F3N4O2. The first kappa shape index (κ1) is 21.9. The second-order valence-corrected chi connectivity index (χ2v) is 6.77. The number of benzene rings is 2. The van der Waals surface area contributed by atoms with Crippen molar-refractivity contribution in [3.8, 4) is 17.5 Å². The molecule has 0 aliphatic rings. The van der Waals surface area contributed by atoms with Crippen molar-refractivity contribution in [3.63, 3.8) is 0 Å². The van der Waals surface area contributed by atoms with Gasteiger partial charge in [-0.25, -0.2) is 4.98 Å². The molecular weight excluding hydrogens is 409 g/mol. The summed E-state index contributed by atoms with van der Waals surface area (Å²) in [4.78, 5) is 17.2. The molecule has 1 aromatic heterocycles. The van der Waals surface area contributed by atoms with Crippen LogP contribution in [-0.4, -0.2) is 16.7 Å². The Morgan fingerprint density at radius 2 is 1.90 bits per heavy atom. The molecule has 3 aromatic rings. The third-order valence-electron chi connectivity index (χ3n) is 4.55. The highest BCUT2D eigenvalue weighted by Crippen LogP contribution is 2.35. The van der Waals surface area contributed by atoms with Crippen LogP contribution in [0.15, 0.2) is 53.5 Å².